The van der Waals surface area contributed by atoms with E-state index in [0.29, 0.717) is 6.04 Å². The lowest BCUT2D eigenvalue weighted by Crippen LogP contribution is -2.18. The van der Waals surface area contributed by atoms with Crippen molar-refractivity contribution in [2.45, 2.75) is 38.6 Å². The Morgan fingerprint density at radius 3 is 3.00 bits per heavy atom. The summed E-state index contributed by atoms with van der Waals surface area (Å²) in [4.78, 5) is 0. The van der Waals surface area contributed by atoms with Gasteiger partial charge in [-0.1, -0.05) is 19.8 Å². The molecule has 2 unspecified atom stereocenters. The first-order valence-corrected chi connectivity index (χ1v) is 6.04. The highest BCUT2D eigenvalue weighted by molar-refractivity contribution is 14.1. The van der Waals surface area contributed by atoms with Crippen molar-refractivity contribution in [1.29, 1.82) is 0 Å². The molecular weight excluding hydrogens is 275 g/mol. The van der Waals surface area contributed by atoms with Gasteiger partial charge < -0.3 is 0 Å². The van der Waals surface area contributed by atoms with Gasteiger partial charge in [-0.2, -0.15) is 5.10 Å². The Morgan fingerprint density at radius 2 is 2.38 bits per heavy atom. The predicted octanol–water partition coefficient (Wildman–Crippen LogP) is 3.24. The molecule has 0 aromatic carbocycles. The Labute approximate surface area is 92.8 Å². The van der Waals surface area contributed by atoms with Gasteiger partial charge in [-0.15, -0.1) is 0 Å². The Morgan fingerprint density at radius 1 is 1.54 bits per heavy atom. The van der Waals surface area contributed by atoms with Gasteiger partial charge in [0.05, 0.1) is 6.04 Å². The van der Waals surface area contributed by atoms with Crippen LogP contribution < -0.4 is 0 Å². The molecule has 72 valence electrons. The summed E-state index contributed by atoms with van der Waals surface area (Å²) in [5.41, 5.74) is 0. The van der Waals surface area contributed by atoms with Crippen molar-refractivity contribution in [2.75, 3.05) is 0 Å². The Hall–Kier alpha value is -0.0600. The predicted molar refractivity (Wildman–Crippen MR) is 61.6 cm³/mol. The highest BCUT2D eigenvalue weighted by atomic mass is 127. The monoisotopic (exact) mass is 290 g/mol. The highest BCUT2D eigenvalue weighted by Gasteiger charge is 2.20. The minimum absolute atomic E-state index is 0.660. The molecule has 0 aliphatic heterocycles. The third-order valence-electron chi connectivity index (χ3n) is 2.86. The van der Waals surface area contributed by atoms with Gasteiger partial charge >= 0.3 is 0 Å². The summed E-state index contributed by atoms with van der Waals surface area (Å²) in [6, 6.07) is 2.74. The fraction of sp³-hybridized carbons (Fsp3) is 0.700. The van der Waals surface area contributed by atoms with E-state index in [4.69, 9.17) is 0 Å². The van der Waals surface area contributed by atoms with Gasteiger partial charge in [0.1, 0.15) is 3.70 Å². The summed E-state index contributed by atoms with van der Waals surface area (Å²) in [5, 5.41) is 4.47. The van der Waals surface area contributed by atoms with E-state index in [1.54, 1.807) is 0 Å². The van der Waals surface area contributed by atoms with E-state index in [0.717, 1.165) is 9.62 Å². The molecule has 2 nitrogen and oxygen atoms in total. The molecule has 0 amide bonds. The third-order valence-corrected chi connectivity index (χ3v) is 3.43. The smallest absolute Gasteiger partial charge is 0.123 e. The average molecular weight is 290 g/mol. The van der Waals surface area contributed by atoms with Crippen molar-refractivity contribution < 1.29 is 0 Å². The van der Waals surface area contributed by atoms with Gasteiger partial charge in [0.15, 0.2) is 0 Å². The lowest BCUT2D eigenvalue weighted by atomic mass is 9.87. The van der Waals surface area contributed by atoms with E-state index in [1.165, 1.54) is 25.7 Å². The van der Waals surface area contributed by atoms with E-state index >= 15 is 0 Å². The Balaban J connectivity index is 2.08. The number of hydrogen-bond donors (Lipinski definition) is 0. The molecule has 0 radical (unpaired) electrons. The maximum absolute atomic E-state index is 4.47. The first-order chi connectivity index (χ1) is 6.25. The second kappa shape index (κ2) is 3.98. The number of aromatic nitrogens is 2. The number of rotatable bonds is 1. The van der Waals surface area contributed by atoms with Crippen LogP contribution in [0.15, 0.2) is 12.3 Å². The highest BCUT2D eigenvalue weighted by Crippen LogP contribution is 2.31. The summed E-state index contributed by atoms with van der Waals surface area (Å²) in [6.07, 6.45) is 7.49. The lowest BCUT2D eigenvalue weighted by Gasteiger charge is -2.26. The molecule has 1 aliphatic carbocycles. The average Bonchev–Trinajstić information content (AvgIpc) is 2.52. The van der Waals surface area contributed by atoms with Crippen molar-refractivity contribution in [3.8, 4) is 0 Å². The van der Waals surface area contributed by atoms with Crippen LogP contribution >= 0.6 is 22.6 Å². The zero-order chi connectivity index (χ0) is 9.26. The summed E-state index contributed by atoms with van der Waals surface area (Å²) < 4.78 is 3.26. The Bertz CT molecular complexity index is 282. The maximum Gasteiger partial charge on any atom is 0.123 e. The van der Waals surface area contributed by atoms with E-state index in [1.807, 2.05) is 0 Å². The number of hydrogen-bond acceptors (Lipinski definition) is 1. The molecule has 0 spiro atoms. The van der Waals surface area contributed by atoms with Crippen LogP contribution in [0.25, 0.3) is 0 Å². The summed E-state index contributed by atoms with van der Waals surface area (Å²) in [5.74, 6) is 0.876. The van der Waals surface area contributed by atoms with Crippen molar-refractivity contribution in [3.05, 3.63) is 16.0 Å². The van der Waals surface area contributed by atoms with Gasteiger partial charge in [0.2, 0.25) is 0 Å². The maximum atomic E-state index is 4.47. The molecule has 13 heavy (non-hydrogen) atoms. The molecular formula is C10H15IN2. The van der Waals surface area contributed by atoms with Crippen molar-refractivity contribution >= 4 is 22.6 Å². The SMILES string of the molecule is CC1CCCC(n2ccc(I)n2)C1. The molecule has 1 aliphatic rings. The topological polar surface area (TPSA) is 17.8 Å². The minimum Gasteiger partial charge on any atom is -0.269 e. The largest absolute Gasteiger partial charge is 0.269 e. The van der Waals surface area contributed by atoms with E-state index in [2.05, 4.69) is 51.6 Å². The molecule has 0 N–H and O–H groups in total. The van der Waals surface area contributed by atoms with Gasteiger partial charge in [-0.05, 0) is 47.4 Å². The summed E-state index contributed by atoms with van der Waals surface area (Å²) in [6.45, 7) is 2.35. The van der Waals surface area contributed by atoms with Crippen LogP contribution in [-0.2, 0) is 0 Å². The minimum atomic E-state index is 0.660. The molecule has 0 saturated heterocycles. The Kier molecular flexibility index (Phi) is 2.91. The first kappa shape index (κ1) is 9.49. The third kappa shape index (κ3) is 2.24. The van der Waals surface area contributed by atoms with Crippen LogP contribution in [0.5, 0.6) is 0 Å². The van der Waals surface area contributed by atoms with Crippen molar-refractivity contribution in [3.63, 3.8) is 0 Å². The van der Waals surface area contributed by atoms with Gasteiger partial charge in [0, 0.05) is 6.20 Å². The second-order valence-corrected chi connectivity index (χ2v) is 5.15. The van der Waals surface area contributed by atoms with Crippen LogP contribution in [0.4, 0.5) is 0 Å². The fourth-order valence-corrected chi connectivity index (χ4v) is 2.57. The number of halogens is 1. The number of nitrogens with zero attached hydrogens (tertiary/aromatic N) is 2. The van der Waals surface area contributed by atoms with Gasteiger partial charge in [-0.3, -0.25) is 4.68 Å². The van der Waals surface area contributed by atoms with Crippen LogP contribution in [0, 0.1) is 9.62 Å². The van der Waals surface area contributed by atoms with Crippen LogP contribution in [0.3, 0.4) is 0 Å². The molecule has 1 aromatic rings. The van der Waals surface area contributed by atoms with E-state index in [9.17, 15) is 0 Å². The van der Waals surface area contributed by atoms with Gasteiger partial charge in [0.25, 0.3) is 0 Å². The molecule has 3 heteroatoms. The standard InChI is InChI=1S/C10H15IN2/c1-8-3-2-4-9(7-8)13-6-5-10(11)12-13/h5-6,8-9H,2-4,7H2,1H3. The van der Waals surface area contributed by atoms with Crippen LogP contribution in [0.1, 0.15) is 38.6 Å². The lowest BCUT2D eigenvalue weighted by molar-refractivity contribution is 0.266. The zero-order valence-corrected chi connectivity index (χ0v) is 10.1. The summed E-state index contributed by atoms with van der Waals surface area (Å²) in [7, 11) is 0. The molecule has 1 heterocycles. The van der Waals surface area contributed by atoms with Crippen molar-refractivity contribution in [1.82, 2.24) is 9.78 Å². The first-order valence-electron chi connectivity index (χ1n) is 4.96. The van der Waals surface area contributed by atoms with Gasteiger partial charge in [-0.25, -0.2) is 0 Å². The molecule has 1 aromatic heterocycles. The summed E-state index contributed by atoms with van der Waals surface area (Å²) >= 11 is 2.27. The van der Waals surface area contributed by atoms with Crippen LogP contribution in [-0.4, -0.2) is 9.78 Å². The molecule has 0 bridgehead atoms. The second-order valence-electron chi connectivity index (χ2n) is 4.04. The molecule has 1 fully saturated rings. The molecule has 2 atom stereocenters. The van der Waals surface area contributed by atoms with Crippen LogP contribution in [0.2, 0.25) is 0 Å². The fourth-order valence-electron chi connectivity index (χ4n) is 2.16. The van der Waals surface area contributed by atoms with Crippen molar-refractivity contribution in [2.24, 2.45) is 5.92 Å². The quantitative estimate of drug-likeness (QED) is 0.726. The zero-order valence-electron chi connectivity index (χ0n) is 7.91. The van der Waals surface area contributed by atoms with E-state index < -0.39 is 0 Å². The molecule has 1 saturated carbocycles. The van der Waals surface area contributed by atoms with E-state index in [-0.39, 0.29) is 0 Å². The molecule has 2 rings (SSSR count). The normalized spacial score (nSPS) is 29.1.